The number of carbonyl (C=O) groups excluding carboxylic acids is 2. The molecule has 0 saturated heterocycles. The molecule has 2 aromatic rings. The quantitative estimate of drug-likeness (QED) is 0.678. The number of nitrogens with one attached hydrogen (secondary N) is 1. The summed E-state index contributed by atoms with van der Waals surface area (Å²) in [6.07, 6.45) is 1.77. The second-order valence-corrected chi connectivity index (χ2v) is 5.58. The summed E-state index contributed by atoms with van der Waals surface area (Å²) in [7, 11) is 1.33. The fourth-order valence-electron chi connectivity index (χ4n) is 1.68. The number of hydrogen-bond acceptors (Lipinski definition) is 5. The molecular formula is C16H16N2O3S. The van der Waals surface area contributed by atoms with Gasteiger partial charge in [-0.3, -0.25) is 4.79 Å². The number of carbonyl (C=O) groups is 2. The number of benzene rings is 1. The SMILES string of the molecule is COC(=O)c1ccc(NC(=O)CSc2ccc(C)cn2)cc1. The summed E-state index contributed by atoms with van der Waals surface area (Å²) in [4.78, 5) is 27.4. The van der Waals surface area contributed by atoms with Gasteiger partial charge in [-0.25, -0.2) is 9.78 Å². The highest BCUT2D eigenvalue weighted by Crippen LogP contribution is 2.16. The van der Waals surface area contributed by atoms with Crippen LogP contribution >= 0.6 is 11.8 Å². The predicted octanol–water partition coefficient (Wildman–Crippen LogP) is 2.91. The van der Waals surface area contributed by atoms with E-state index in [0.717, 1.165) is 10.6 Å². The molecule has 2 rings (SSSR count). The molecule has 114 valence electrons. The summed E-state index contributed by atoms with van der Waals surface area (Å²) in [5.41, 5.74) is 2.16. The Balaban J connectivity index is 1.86. The summed E-state index contributed by atoms with van der Waals surface area (Å²) in [6.45, 7) is 1.96. The average molecular weight is 316 g/mol. The Bertz CT molecular complexity index is 654. The molecule has 0 bridgehead atoms. The number of esters is 1. The van der Waals surface area contributed by atoms with Crippen LogP contribution in [0.25, 0.3) is 0 Å². The van der Waals surface area contributed by atoms with Gasteiger partial charge in [0, 0.05) is 11.9 Å². The minimum Gasteiger partial charge on any atom is -0.465 e. The molecule has 0 saturated carbocycles. The third-order valence-corrected chi connectivity index (χ3v) is 3.77. The maximum atomic E-state index is 11.9. The number of rotatable bonds is 5. The monoisotopic (exact) mass is 316 g/mol. The van der Waals surface area contributed by atoms with E-state index in [-0.39, 0.29) is 11.7 Å². The van der Waals surface area contributed by atoms with Gasteiger partial charge in [-0.2, -0.15) is 0 Å². The minimum atomic E-state index is -0.404. The lowest BCUT2D eigenvalue weighted by Gasteiger charge is -2.06. The molecule has 0 spiro atoms. The summed E-state index contributed by atoms with van der Waals surface area (Å²) < 4.78 is 4.62. The number of ether oxygens (including phenoxy) is 1. The zero-order valence-corrected chi connectivity index (χ0v) is 13.1. The Morgan fingerprint density at radius 1 is 1.18 bits per heavy atom. The predicted molar refractivity (Wildman–Crippen MR) is 86.1 cm³/mol. The highest BCUT2D eigenvalue weighted by atomic mass is 32.2. The number of amides is 1. The van der Waals surface area contributed by atoms with Gasteiger partial charge in [0.25, 0.3) is 0 Å². The van der Waals surface area contributed by atoms with E-state index in [1.165, 1.54) is 18.9 Å². The Kier molecular flexibility index (Phi) is 5.55. The van der Waals surface area contributed by atoms with Crippen molar-refractivity contribution in [3.8, 4) is 0 Å². The first-order chi connectivity index (χ1) is 10.6. The van der Waals surface area contributed by atoms with Crippen molar-refractivity contribution in [3.05, 3.63) is 53.7 Å². The van der Waals surface area contributed by atoms with E-state index in [0.29, 0.717) is 11.3 Å². The fourth-order valence-corrected chi connectivity index (χ4v) is 2.33. The van der Waals surface area contributed by atoms with Crippen LogP contribution in [0.4, 0.5) is 5.69 Å². The maximum Gasteiger partial charge on any atom is 0.337 e. The molecule has 1 aromatic heterocycles. The summed E-state index contributed by atoms with van der Waals surface area (Å²) in [5, 5.41) is 3.58. The number of hydrogen-bond donors (Lipinski definition) is 1. The molecular weight excluding hydrogens is 300 g/mol. The molecule has 0 fully saturated rings. The second-order valence-electron chi connectivity index (χ2n) is 4.58. The molecule has 6 heteroatoms. The van der Waals surface area contributed by atoms with Crippen LogP contribution in [0, 0.1) is 6.92 Å². The standard InChI is InChI=1S/C16H16N2O3S/c1-11-3-8-15(17-9-11)22-10-14(19)18-13-6-4-12(5-7-13)16(20)21-2/h3-9H,10H2,1-2H3,(H,18,19). The Morgan fingerprint density at radius 3 is 2.50 bits per heavy atom. The van der Waals surface area contributed by atoms with E-state index in [4.69, 9.17) is 0 Å². The fraction of sp³-hybridized carbons (Fsp3) is 0.188. The molecule has 0 atom stereocenters. The first-order valence-corrected chi connectivity index (χ1v) is 7.61. The third-order valence-electron chi connectivity index (χ3n) is 2.83. The van der Waals surface area contributed by atoms with Crippen molar-refractivity contribution < 1.29 is 14.3 Å². The van der Waals surface area contributed by atoms with Gasteiger partial charge in [0.1, 0.15) is 0 Å². The molecule has 0 aliphatic rings. The first kappa shape index (κ1) is 16.0. The van der Waals surface area contributed by atoms with Crippen molar-refractivity contribution in [3.63, 3.8) is 0 Å². The van der Waals surface area contributed by atoms with Crippen LogP contribution < -0.4 is 5.32 Å². The van der Waals surface area contributed by atoms with E-state index >= 15 is 0 Å². The van der Waals surface area contributed by atoms with Crippen molar-refractivity contribution >= 4 is 29.3 Å². The van der Waals surface area contributed by atoms with E-state index in [1.54, 1.807) is 30.5 Å². The number of aromatic nitrogens is 1. The third kappa shape index (κ3) is 4.60. The highest BCUT2D eigenvalue weighted by Gasteiger charge is 2.07. The topological polar surface area (TPSA) is 68.3 Å². The normalized spacial score (nSPS) is 10.1. The van der Waals surface area contributed by atoms with Gasteiger partial charge in [0.2, 0.25) is 5.91 Å². The van der Waals surface area contributed by atoms with Gasteiger partial charge in [0.05, 0.1) is 23.5 Å². The van der Waals surface area contributed by atoms with E-state index in [2.05, 4.69) is 15.0 Å². The van der Waals surface area contributed by atoms with Crippen molar-refractivity contribution in [2.75, 3.05) is 18.2 Å². The minimum absolute atomic E-state index is 0.127. The summed E-state index contributed by atoms with van der Waals surface area (Å²) in [5.74, 6) is -0.258. The second kappa shape index (κ2) is 7.61. The lowest BCUT2D eigenvalue weighted by molar-refractivity contribution is -0.113. The van der Waals surface area contributed by atoms with Crippen molar-refractivity contribution in [1.29, 1.82) is 0 Å². The zero-order chi connectivity index (χ0) is 15.9. The zero-order valence-electron chi connectivity index (χ0n) is 12.3. The summed E-state index contributed by atoms with van der Waals surface area (Å²) in [6, 6.07) is 10.4. The number of aryl methyl sites for hydroxylation is 1. The molecule has 0 radical (unpaired) electrons. The van der Waals surface area contributed by atoms with E-state index < -0.39 is 5.97 Å². The van der Waals surface area contributed by atoms with Crippen LogP contribution in [0.1, 0.15) is 15.9 Å². The van der Waals surface area contributed by atoms with Crippen LogP contribution in [0.15, 0.2) is 47.6 Å². The van der Waals surface area contributed by atoms with E-state index in [1.807, 2.05) is 19.1 Å². The van der Waals surface area contributed by atoms with Crippen LogP contribution in [0.3, 0.4) is 0 Å². The molecule has 1 aromatic carbocycles. The highest BCUT2D eigenvalue weighted by molar-refractivity contribution is 7.99. The van der Waals surface area contributed by atoms with Crippen LogP contribution in [-0.2, 0) is 9.53 Å². The number of nitrogens with zero attached hydrogens (tertiary/aromatic N) is 1. The number of methoxy groups -OCH3 is 1. The lowest BCUT2D eigenvalue weighted by Crippen LogP contribution is -2.14. The molecule has 1 N–H and O–H groups in total. The number of pyridine rings is 1. The van der Waals surface area contributed by atoms with Crippen LogP contribution in [0.5, 0.6) is 0 Å². The Morgan fingerprint density at radius 2 is 1.91 bits per heavy atom. The van der Waals surface area contributed by atoms with Gasteiger partial charge in [-0.15, -0.1) is 0 Å². The van der Waals surface area contributed by atoms with Gasteiger partial charge in [-0.1, -0.05) is 17.8 Å². The van der Waals surface area contributed by atoms with Gasteiger partial charge in [-0.05, 0) is 42.8 Å². The molecule has 0 aliphatic heterocycles. The lowest BCUT2D eigenvalue weighted by atomic mass is 10.2. The molecule has 1 heterocycles. The summed E-state index contributed by atoms with van der Waals surface area (Å²) >= 11 is 1.37. The maximum absolute atomic E-state index is 11.9. The molecule has 22 heavy (non-hydrogen) atoms. The first-order valence-electron chi connectivity index (χ1n) is 6.62. The molecule has 0 aliphatic carbocycles. The molecule has 0 unspecified atom stereocenters. The molecule has 1 amide bonds. The average Bonchev–Trinajstić information content (AvgIpc) is 2.54. The van der Waals surface area contributed by atoms with Gasteiger partial charge in [0.15, 0.2) is 0 Å². The largest absolute Gasteiger partial charge is 0.465 e. The Labute approximate surface area is 133 Å². The van der Waals surface area contributed by atoms with Crippen molar-refractivity contribution in [1.82, 2.24) is 4.98 Å². The van der Waals surface area contributed by atoms with Crippen molar-refractivity contribution in [2.24, 2.45) is 0 Å². The van der Waals surface area contributed by atoms with Crippen LogP contribution in [-0.4, -0.2) is 29.7 Å². The van der Waals surface area contributed by atoms with Crippen LogP contribution in [0.2, 0.25) is 0 Å². The smallest absolute Gasteiger partial charge is 0.337 e. The number of anilines is 1. The number of thioether (sulfide) groups is 1. The van der Waals surface area contributed by atoms with Crippen molar-refractivity contribution in [2.45, 2.75) is 11.9 Å². The molecule has 5 nitrogen and oxygen atoms in total. The van der Waals surface area contributed by atoms with E-state index in [9.17, 15) is 9.59 Å². The van der Waals surface area contributed by atoms with Gasteiger partial charge >= 0.3 is 5.97 Å². The Hall–Kier alpha value is -2.34. The van der Waals surface area contributed by atoms with Gasteiger partial charge < -0.3 is 10.1 Å².